The van der Waals surface area contributed by atoms with Crippen LogP contribution in [-0.4, -0.2) is 30.2 Å². The number of aromatic nitrogens is 1. The van der Waals surface area contributed by atoms with E-state index in [0.717, 1.165) is 36.0 Å². The fourth-order valence-corrected chi connectivity index (χ4v) is 3.07. The summed E-state index contributed by atoms with van der Waals surface area (Å²) in [4.78, 5) is 16.2. The van der Waals surface area contributed by atoms with Crippen LogP contribution in [0.15, 0.2) is 47.1 Å². The Kier molecular flexibility index (Phi) is 6.66. The van der Waals surface area contributed by atoms with Crippen LogP contribution in [0.1, 0.15) is 41.9 Å². The number of fused-ring (bicyclic) bond motifs is 1. The lowest BCUT2D eigenvalue weighted by molar-refractivity contribution is 0.0491. The van der Waals surface area contributed by atoms with Crippen molar-refractivity contribution >= 4 is 16.9 Å². The molecule has 2 heterocycles. The first-order valence-corrected chi connectivity index (χ1v) is 9.55. The second-order valence-electron chi connectivity index (χ2n) is 6.66. The molecule has 0 bridgehead atoms. The van der Waals surface area contributed by atoms with E-state index >= 15 is 0 Å². The first kappa shape index (κ1) is 19.9. The van der Waals surface area contributed by atoms with Gasteiger partial charge in [0.1, 0.15) is 11.3 Å². The second kappa shape index (κ2) is 9.37. The van der Waals surface area contributed by atoms with E-state index < -0.39 is 5.97 Å². The fraction of sp³-hybridized carbons (Fsp3) is 0.364. The summed E-state index contributed by atoms with van der Waals surface area (Å²) in [6, 6.07) is 9.57. The van der Waals surface area contributed by atoms with E-state index in [-0.39, 0.29) is 11.9 Å². The monoisotopic (exact) mass is 382 g/mol. The number of ether oxygens (including phenoxy) is 2. The highest BCUT2D eigenvalue weighted by Gasteiger charge is 2.21. The molecule has 6 nitrogen and oxygen atoms in total. The molecule has 1 aromatic carbocycles. The number of nitrogens with zero attached hydrogens (tertiary/aromatic N) is 1. The Hall–Kier alpha value is -2.86. The van der Waals surface area contributed by atoms with E-state index in [2.05, 4.69) is 10.3 Å². The molecule has 0 aliphatic rings. The topological polar surface area (TPSA) is 73.6 Å². The van der Waals surface area contributed by atoms with E-state index in [1.54, 1.807) is 13.1 Å². The minimum atomic E-state index is -0.449. The fourth-order valence-electron chi connectivity index (χ4n) is 3.07. The van der Waals surface area contributed by atoms with Gasteiger partial charge in [-0.3, -0.25) is 4.98 Å². The van der Waals surface area contributed by atoms with E-state index in [9.17, 15) is 4.79 Å². The summed E-state index contributed by atoms with van der Waals surface area (Å²) in [5, 5.41) is 4.22. The number of rotatable bonds is 9. The second-order valence-corrected chi connectivity index (χ2v) is 6.66. The van der Waals surface area contributed by atoms with Crippen LogP contribution >= 0.6 is 0 Å². The number of aryl methyl sites for hydroxylation is 1. The van der Waals surface area contributed by atoms with Gasteiger partial charge in [-0.2, -0.15) is 0 Å². The number of esters is 1. The van der Waals surface area contributed by atoms with Crippen molar-refractivity contribution in [2.24, 2.45) is 0 Å². The Labute approximate surface area is 164 Å². The van der Waals surface area contributed by atoms with Crippen molar-refractivity contribution in [2.45, 2.75) is 39.8 Å². The molecule has 0 aliphatic heterocycles. The summed E-state index contributed by atoms with van der Waals surface area (Å²) in [5.74, 6) is 0.502. The molecule has 0 saturated carbocycles. The van der Waals surface area contributed by atoms with Crippen molar-refractivity contribution in [3.05, 3.63) is 59.6 Å². The highest BCUT2D eigenvalue weighted by molar-refractivity contribution is 5.98. The van der Waals surface area contributed by atoms with Crippen LogP contribution in [0.2, 0.25) is 0 Å². The third kappa shape index (κ3) is 4.70. The Morgan fingerprint density at radius 2 is 2.14 bits per heavy atom. The largest absolute Gasteiger partial charge is 0.490 e. The van der Waals surface area contributed by atoms with Gasteiger partial charge in [0.2, 0.25) is 5.76 Å². The Morgan fingerprint density at radius 3 is 2.89 bits per heavy atom. The molecular formula is C22H26N2O4. The molecule has 2 aromatic heterocycles. The molecule has 0 aliphatic carbocycles. The van der Waals surface area contributed by atoms with Crippen LogP contribution < -0.4 is 10.1 Å². The van der Waals surface area contributed by atoms with Gasteiger partial charge in [-0.05, 0) is 57.5 Å². The maximum absolute atomic E-state index is 12.1. The molecule has 148 valence electrons. The quantitative estimate of drug-likeness (QED) is 0.440. The molecule has 1 unspecified atom stereocenters. The van der Waals surface area contributed by atoms with Crippen LogP contribution in [0.3, 0.4) is 0 Å². The predicted octanol–water partition coefficient (Wildman–Crippen LogP) is 4.26. The molecule has 0 amide bonds. The highest BCUT2D eigenvalue weighted by Crippen LogP contribution is 2.34. The van der Waals surface area contributed by atoms with Gasteiger partial charge in [0.05, 0.1) is 18.1 Å². The van der Waals surface area contributed by atoms with E-state index in [1.165, 1.54) is 0 Å². The normalized spacial score (nSPS) is 12.1. The average Bonchev–Trinajstić information content (AvgIpc) is 3.04. The average molecular weight is 382 g/mol. The number of furan rings is 1. The molecule has 3 aromatic rings. The molecule has 6 heteroatoms. The van der Waals surface area contributed by atoms with E-state index in [4.69, 9.17) is 13.9 Å². The van der Waals surface area contributed by atoms with Crippen LogP contribution in [-0.2, 0) is 11.3 Å². The zero-order valence-corrected chi connectivity index (χ0v) is 16.5. The summed E-state index contributed by atoms with van der Waals surface area (Å²) in [5.41, 5.74) is 2.52. The standard InChI is InChI=1S/C22H26N2O4/c1-4-26-22(25)21-16(3)20-18(8-5-9-19(20)28-21)27-15(2)10-12-24-14-17-7-6-11-23-13-17/h5-9,11,13,15,24H,4,10,12,14H2,1-3H3. The lowest BCUT2D eigenvalue weighted by atomic mass is 10.1. The number of hydrogen-bond acceptors (Lipinski definition) is 6. The lowest BCUT2D eigenvalue weighted by Gasteiger charge is -2.16. The lowest BCUT2D eigenvalue weighted by Crippen LogP contribution is -2.22. The molecular weight excluding hydrogens is 356 g/mol. The van der Waals surface area contributed by atoms with Gasteiger partial charge in [0.25, 0.3) is 0 Å². The minimum Gasteiger partial charge on any atom is -0.490 e. The maximum Gasteiger partial charge on any atom is 0.374 e. The van der Waals surface area contributed by atoms with Gasteiger partial charge in [0, 0.05) is 24.5 Å². The number of carbonyl (C=O) groups is 1. The molecule has 0 fully saturated rings. The van der Waals surface area contributed by atoms with E-state index in [1.807, 2.05) is 50.4 Å². The molecule has 0 radical (unpaired) electrons. The molecule has 1 atom stereocenters. The molecule has 0 spiro atoms. The van der Waals surface area contributed by atoms with Crippen LogP contribution in [0.5, 0.6) is 5.75 Å². The summed E-state index contributed by atoms with van der Waals surface area (Å²) in [7, 11) is 0. The Bertz CT molecular complexity index is 921. The zero-order chi connectivity index (χ0) is 19.9. The SMILES string of the molecule is CCOC(=O)c1oc2cccc(OC(C)CCNCc3cccnc3)c2c1C. The molecule has 3 rings (SSSR count). The molecule has 28 heavy (non-hydrogen) atoms. The highest BCUT2D eigenvalue weighted by atomic mass is 16.5. The smallest absolute Gasteiger partial charge is 0.374 e. The Balaban J connectivity index is 1.62. The van der Waals surface area contributed by atoms with Gasteiger partial charge >= 0.3 is 5.97 Å². The zero-order valence-electron chi connectivity index (χ0n) is 16.5. The van der Waals surface area contributed by atoms with Gasteiger partial charge in [-0.15, -0.1) is 0 Å². The first-order valence-electron chi connectivity index (χ1n) is 9.55. The number of carbonyl (C=O) groups excluding carboxylic acids is 1. The first-order chi connectivity index (χ1) is 13.6. The third-order valence-electron chi connectivity index (χ3n) is 4.48. The number of benzene rings is 1. The Morgan fingerprint density at radius 1 is 1.29 bits per heavy atom. The summed E-state index contributed by atoms with van der Waals surface area (Å²) >= 11 is 0. The van der Waals surface area contributed by atoms with Gasteiger partial charge < -0.3 is 19.2 Å². The summed E-state index contributed by atoms with van der Waals surface area (Å²) in [6.45, 7) is 7.57. The number of hydrogen-bond donors (Lipinski definition) is 1. The van der Waals surface area contributed by atoms with Crippen molar-refractivity contribution in [3.63, 3.8) is 0 Å². The van der Waals surface area contributed by atoms with Crippen LogP contribution in [0.25, 0.3) is 11.0 Å². The van der Waals surface area contributed by atoms with Crippen LogP contribution in [0.4, 0.5) is 0 Å². The number of pyridine rings is 1. The third-order valence-corrected chi connectivity index (χ3v) is 4.48. The van der Waals surface area contributed by atoms with Gasteiger partial charge in [-0.1, -0.05) is 12.1 Å². The predicted molar refractivity (Wildman–Crippen MR) is 108 cm³/mol. The van der Waals surface area contributed by atoms with Gasteiger partial charge in [0.15, 0.2) is 0 Å². The van der Waals surface area contributed by atoms with Crippen molar-refractivity contribution in [2.75, 3.05) is 13.2 Å². The molecule has 1 N–H and O–H groups in total. The van der Waals surface area contributed by atoms with E-state index in [0.29, 0.717) is 17.9 Å². The minimum absolute atomic E-state index is 0.00680. The van der Waals surface area contributed by atoms with Crippen molar-refractivity contribution in [1.82, 2.24) is 10.3 Å². The van der Waals surface area contributed by atoms with Crippen molar-refractivity contribution in [3.8, 4) is 5.75 Å². The molecule has 0 saturated heterocycles. The number of nitrogens with one attached hydrogen (secondary N) is 1. The van der Waals surface area contributed by atoms with Gasteiger partial charge in [-0.25, -0.2) is 4.79 Å². The van der Waals surface area contributed by atoms with Crippen molar-refractivity contribution < 1.29 is 18.7 Å². The maximum atomic E-state index is 12.1. The summed E-state index contributed by atoms with van der Waals surface area (Å²) in [6.07, 6.45) is 4.48. The summed E-state index contributed by atoms with van der Waals surface area (Å²) < 4.78 is 16.9. The van der Waals surface area contributed by atoms with Crippen LogP contribution in [0, 0.1) is 6.92 Å². The van der Waals surface area contributed by atoms with Crippen molar-refractivity contribution in [1.29, 1.82) is 0 Å².